The van der Waals surface area contributed by atoms with Crippen LogP contribution >= 0.6 is 0 Å². The summed E-state index contributed by atoms with van der Waals surface area (Å²) in [7, 11) is 3.64. The summed E-state index contributed by atoms with van der Waals surface area (Å²) in [4.78, 5) is 10.3. The maximum Gasteiger partial charge on any atom is 0.0801 e. The van der Waals surface area contributed by atoms with E-state index in [1.807, 2.05) is 44.4 Å². The van der Waals surface area contributed by atoms with Gasteiger partial charge in [0, 0.05) is 20.0 Å². The molecule has 102 valence electrons. The Morgan fingerprint density at radius 3 is 2.84 bits per heavy atom. The molecule has 0 heterocycles. The Hall–Kier alpha value is -2.12. The van der Waals surface area contributed by atoms with Crippen molar-refractivity contribution in [2.45, 2.75) is 20.8 Å². The Balaban J connectivity index is 2.92. The Bertz CT molecular complexity index is 498. The van der Waals surface area contributed by atoms with Crippen LogP contribution < -0.4 is 0 Å². The second-order valence-electron chi connectivity index (χ2n) is 4.27. The molecular formula is C16H21N3-2. The number of hydrogen-bond acceptors (Lipinski definition) is 2. The molecule has 0 aromatic rings. The fourth-order valence-electron chi connectivity index (χ4n) is 1.55. The van der Waals surface area contributed by atoms with Crippen molar-refractivity contribution in [1.82, 2.24) is 4.90 Å². The molecule has 0 aliphatic heterocycles. The lowest BCUT2D eigenvalue weighted by Crippen LogP contribution is -2.14. The minimum Gasteiger partial charge on any atom is -0.332 e. The smallest absolute Gasteiger partial charge is 0.0801 e. The first-order valence-corrected chi connectivity index (χ1v) is 6.28. The van der Waals surface area contributed by atoms with Crippen molar-refractivity contribution in [3.8, 4) is 0 Å². The Labute approximate surface area is 116 Å². The summed E-state index contributed by atoms with van der Waals surface area (Å²) >= 11 is 0. The molecule has 0 spiro atoms. The van der Waals surface area contributed by atoms with Gasteiger partial charge in [-0.3, -0.25) is 5.57 Å². The van der Waals surface area contributed by atoms with Crippen LogP contribution in [0.5, 0.6) is 0 Å². The fraction of sp³-hybridized carbons (Fsp3) is 0.312. The number of rotatable bonds is 4. The molecule has 1 aliphatic carbocycles. The normalized spacial score (nSPS) is 16.4. The number of nitrogens with zero attached hydrogens (tertiary/aromatic N) is 3. The molecular weight excluding hydrogens is 234 g/mol. The first-order chi connectivity index (χ1) is 9.10. The van der Waals surface area contributed by atoms with Gasteiger partial charge in [0.25, 0.3) is 0 Å². The Kier molecular flexibility index (Phi) is 5.77. The van der Waals surface area contributed by atoms with Gasteiger partial charge in [-0.2, -0.15) is 18.6 Å². The number of hydrogen-bond donors (Lipinski definition) is 0. The monoisotopic (exact) mass is 255 g/mol. The van der Waals surface area contributed by atoms with Gasteiger partial charge in [0.05, 0.1) is 12.0 Å². The lowest BCUT2D eigenvalue weighted by molar-refractivity contribution is 0.655. The summed E-state index contributed by atoms with van der Waals surface area (Å²) in [5.41, 5.74) is 4.26. The van der Waals surface area contributed by atoms with Crippen molar-refractivity contribution in [2.24, 2.45) is 9.98 Å². The molecule has 0 aromatic carbocycles. The molecule has 19 heavy (non-hydrogen) atoms. The van der Waals surface area contributed by atoms with Gasteiger partial charge >= 0.3 is 0 Å². The summed E-state index contributed by atoms with van der Waals surface area (Å²) in [6.07, 6.45) is 12.0. The summed E-state index contributed by atoms with van der Waals surface area (Å²) in [6.45, 7) is 6.07. The van der Waals surface area contributed by atoms with Crippen LogP contribution in [0, 0.1) is 12.8 Å². The molecule has 0 amide bonds. The van der Waals surface area contributed by atoms with Crippen LogP contribution in [0.1, 0.15) is 20.8 Å². The molecule has 0 atom stereocenters. The summed E-state index contributed by atoms with van der Waals surface area (Å²) < 4.78 is 0. The van der Waals surface area contributed by atoms with Crippen molar-refractivity contribution >= 4 is 12.2 Å². The van der Waals surface area contributed by atoms with Gasteiger partial charge in [0.15, 0.2) is 0 Å². The zero-order valence-corrected chi connectivity index (χ0v) is 12.3. The largest absolute Gasteiger partial charge is 0.332 e. The summed E-state index contributed by atoms with van der Waals surface area (Å²) in [5.74, 6) is 2.90. The minimum atomic E-state index is 0.923. The van der Waals surface area contributed by atoms with Crippen LogP contribution in [0.3, 0.4) is 0 Å². The molecule has 1 aliphatic rings. The van der Waals surface area contributed by atoms with Crippen LogP contribution in [-0.4, -0.2) is 31.2 Å². The van der Waals surface area contributed by atoms with Gasteiger partial charge < -0.3 is 9.89 Å². The highest BCUT2D eigenvalue weighted by atomic mass is 15.1. The van der Waals surface area contributed by atoms with E-state index >= 15 is 0 Å². The molecule has 3 nitrogen and oxygen atoms in total. The quantitative estimate of drug-likeness (QED) is 0.430. The van der Waals surface area contributed by atoms with E-state index in [-0.39, 0.29) is 0 Å². The van der Waals surface area contributed by atoms with Crippen LogP contribution in [0.4, 0.5) is 0 Å². The highest BCUT2D eigenvalue weighted by molar-refractivity contribution is 5.68. The molecule has 0 radical (unpaired) electrons. The summed E-state index contributed by atoms with van der Waals surface area (Å²) in [6, 6.07) is 0. The second kappa shape index (κ2) is 7.34. The van der Waals surface area contributed by atoms with Gasteiger partial charge in [0.1, 0.15) is 0 Å². The molecule has 0 aromatic heterocycles. The van der Waals surface area contributed by atoms with E-state index in [0.717, 1.165) is 17.0 Å². The SMILES string of the molecule is C[CH-]C(C)=C1C=C[CH-]C=C1N=CN(C)C(C)=C=NC. The van der Waals surface area contributed by atoms with E-state index in [1.54, 1.807) is 13.4 Å². The third kappa shape index (κ3) is 4.23. The molecule has 0 saturated heterocycles. The molecule has 0 bridgehead atoms. The zero-order valence-electron chi connectivity index (χ0n) is 12.3. The molecule has 3 heteroatoms. The zero-order chi connectivity index (χ0) is 14.3. The van der Waals surface area contributed by atoms with Crippen LogP contribution in [0.2, 0.25) is 0 Å². The van der Waals surface area contributed by atoms with Crippen LogP contribution in [0.15, 0.2) is 50.8 Å². The second-order valence-corrected chi connectivity index (χ2v) is 4.27. The highest BCUT2D eigenvalue weighted by Gasteiger charge is 1.94. The van der Waals surface area contributed by atoms with E-state index in [0.29, 0.717) is 0 Å². The Morgan fingerprint density at radius 2 is 2.21 bits per heavy atom. The minimum absolute atomic E-state index is 0.923. The molecule has 0 unspecified atom stereocenters. The third-order valence-corrected chi connectivity index (χ3v) is 2.93. The van der Waals surface area contributed by atoms with Gasteiger partial charge in [-0.15, -0.1) is 12.6 Å². The predicted octanol–water partition coefficient (Wildman–Crippen LogP) is 3.35. The van der Waals surface area contributed by atoms with E-state index in [9.17, 15) is 0 Å². The molecule has 0 N–H and O–H groups in total. The lowest BCUT2D eigenvalue weighted by atomic mass is 9.99. The fourth-order valence-corrected chi connectivity index (χ4v) is 1.55. The van der Waals surface area contributed by atoms with Gasteiger partial charge in [-0.05, 0) is 6.92 Å². The van der Waals surface area contributed by atoms with Gasteiger partial charge in [-0.25, -0.2) is 23.1 Å². The van der Waals surface area contributed by atoms with Crippen molar-refractivity contribution in [1.29, 1.82) is 0 Å². The van der Waals surface area contributed by atoms with Crippen LogP contribution in [-0.2, 0) is 0 Å². The van der Waals surface area contributed by atoms with E-state index < -0.39 is 0 Å². The molecule has 1 rings (SSSR count). The number of aliphatic imine (C=N–C) groups is 2. The van der Waals surface area contributed by atoms with E-state index in [4.69, 9.17) is 0 Å². The maximum atomic E-state index is 4.54. The van der Waals surface area contributed by atoms with E-state index in [1.165, 1.54) is 5.57 Å². The number of allylic oxidation sites excluding steroid dienone is 5. The van der Waals surface area contributed by atoms with Crippen molar-refractivity contribution in [3.63, 3.8) is 0 Å². The summed E-state index contributed by atoms with van der Waals surface area (Å²) in [5, 5.41) is 0. The average Bonchev–Trinajstić information content (AvgIpc) is 2.44. The topological polar surface area (TPSA) is 28.0 Å². The first kappa shape index (κ1) is 14.9. The predicted molar refractivity (Wildman–Crippen MR) is 83.0 cm³/mol. The van der Waals surface area contributed by atoms with Crippen molar-refractivity contribution in [2.75, 3.05) is 14.1 Å². The molecule has 0 saturated carbocycles. The maximum absolute atomic E-state index is 4.54. The highest BCUT2D eigenvalue weighted by Crippen LogP contribution is 2.23. The average molecular weight is 255 g/mol. The third-order valence-electron chi connectivity index (χ3n) is 2.93. The lowest BCUT2D eigenvalue weighted by Gasteiger charge is -2.29. The van der Waals surface area contributed by atoms with Gasteiger partial charge in [-0.1, -0.05) is 6.92 Å². The van der Waals surface area contributed by atoms with Crippen molar-refractivity contribution < 1.29 is 0 Å². The van der Waals surface area contributed by atoms with Gasteiger partial charge in [0.2, 0.25) is 0 Å². The van der Waals surface area contributed by atoms with E-state index in [2.05, 4.69) is 35.3 Å². The Morgan fingerprint density at radius 1 is 1.47 bits per heavy atom. The standard InChI is InChI=1S/C16H21N3/c1-6-13(2)15-9-7-8-10-16(15)18-12-19(5)14(3)11-17-4/h6-10,12H,1-5H3/q-2. The molecule has 0 fully saturated rings. The van der Waals surface area contributed by atoms with Crippen molar-refractivity contribution in [3.05, 3.63) is 53.6 Å². The first-order valence-electron chi connectivity index (χ1n) is 6.28. The van der Waals surface area contributed by atoms with Crippen LogP contribution in [0.25, 0.3) is 0 Å².